The van der Waals surface area contributed by atoms with E-state index in [1.54, 1.807) is 19.2 Å². The fourth-order valence-electron chi connectivity index (χ4n) is 4.57. The molecule has 9 nitrogen and oxygen atoms in total. The van der Waals surface area contributed by atoms with Crippen LogP contribution in [-0.4, -0.2) is 62.8 Å². The third kappa shape index (κ3) is 4.57. The molecule has 0 radical (unpaired) electrons. The zero-order valence-electron chi connectivity index (χ0n) is 18.2. The van der Waals surface area contributed by atoms with Crippen LogP contribution in [0, 0.1) is 6.92 Å². The molecule has 1 unspecified atom stereocenters. The summed E-state index contributed by atoms with van der Waals surface area (Å²) < 4.78 is 25.9. The molecule has 2 saturated heterocycles. The molecule has 2 atom stereocenters. The van der Waals surface area contributed by atoms with Gasteiger partial charge in [0.1, 0.15) is 11.0 Å². The van der Waals surface area contributed by atoms with E-state index in [0.29, 0.717) is 36.3 Å². The molecule has 2 aromatic rings. The molecule has 0 saturated carbocycles. The van der Waals surface area contributed by atoms with E-state index in [-0.39, 0.29) is 23.6 Å². The van der Waals surface area contributed by atoms with Crippen LogP contribution in [0.3, 0.4) is 0 Å². The lowest BCUT2D eigenvalue weighted by atomic mass is 9.99. The number of piperidine rings is 1. The second-order valence-corrected chi connectivity index (χ2v) is 8.81. The number of amides is 1. The fraction of sp³-hybridized carbons (Fsp3) is 0.500. The first-order chi connectivity index (χ1) is 16.0. The molecule has 11 heteroatoms. The molecule has 4 heterocycles. The van der Waals surface area contributed by atoms with Crippen molar-refractivity contribution in [3.8, 4) is 0 Å². The number of nitrogens with zero attached hydrogens (tertiary/aromatic N) is 6. The highest BCUT2D eigenvalue weighted by Gasteiger charge is 2.39. The number of aromatic nitrogens is 4. The van der Waals surface area contributed by atoms with Crippen LogP contribution >= 0.6 is 11.6 Å². The molecule has 5 rings (SSSR count). The average molecular weight is 475 g/mol. The largest absolute Gasteiger partial charge is 0.478 e. The number of allylic oxidation sites excluding steroid dienone is 3. The third-order valence-electron chi connectivity index (χ3n) is 6.29. The summed E-state index contributed by atoms with van der Waals surface area (Å²) in [7, 11) is 0. The lowest BCUT2D eigenvalue weighted by molar-refractivity contribution is -0.137. The highest BCUT2D eigenvalue weighted by molar-refractivity contribution is 6.29. The van der Waals surface area contributed by atoms with Crippen LogP contribution < -0.4 is 4.90 Å². The zero-order chi connectivity index (χ0) is 22.9. The smallest absolute Gasteiger partial charge is 0.263 e. The third-order valence-corrected chi connectivity index (χ3v) is 6.49. The quantitative estimate of drug-likeness (QED) is 0.651. The van der Waals surface area contributed by atoms with Gasteiger partial charge in [-0.2, -0.15) is 0 Å². The molecule has 1 amide bonds. The maximum Gasteiger partial charge on any atom is 0.263 e. The van der Waals surface area contributed by atoms with Crippen LogP contribution in [0.25, 0.3) is 0 Å². The van der Waals surface area contributed by atoms with E-state index in [4.69, 9.17) is 20.8 Å². The summed E-state index contributed by atoms with van der Waals surface area (Å²) in [5.74, 6) is 0.787. The molecule has 1 aliphatic carbocycles. The Balaban J connectivity index is 1.15. The number of likely N-dealkylation sites (tertiary alicyclic amines) is 1. The van der Waals surface area contributed by atoms with Crippen molar-refractivity contribution in [1.82, 2.24) is 25.1 Å². The highest BCUT2D eigenvalue weighted by atomic mass is 35.5. The average Bonchev–Trinajstić information content (AvgIpc) is 3.41. The molecule has 2 aliphatic heterocycles. The van der Waals surface area contributed by atoms with Crippen molar-refractivity contribution in [2.24, 2.45) is 0 Å². The normalized spacial score (nSPS) is 24.2. The van der Waals surface area contributed by atoms with E-state index >= 15 is 0 Å². The van der Waals surface area contributed by atoms with Gasteiger partial charge in [0.15, 0.2) is 17.7 Å². The van der Waals surface area contributed by atoms with Gasteiger partial charge in [0.05, 0.1) is 18.3 Å². The summed E-state index contributed by atoms with van der Waals surface area (Å²) in [5.41, 5.74) is 0. The maximum absolute atomic E-state index is 14.7. The minimum absolute atomic E-state index is 0.0805. The Morgan fingerprint density at radius 2 is 1.97 bits per heavy atom. The van der Waals surface area contributed by atoms with Gasteiger partial charge in [-0.05, 0) is 31.4 Å². The van der Waals surface area contributed by atoms with Gasteiger partial charge < -0.3 is 19.0 Å². The summed E-state index contributed by atoms with van der Waals surface area (Å²) in [6.07, 6.45) is 8.26. The predicted molar refractivity (Wildman–Crippen MR) is 117 cm³/mol. The summed E-state index contributed by atoms with van der Waals surface area (Å²) in [6.45, 7) is 3.85. The first-order valence-electron chi connectivity index (χ1n) is 11.1. The Labute approximate surface area is 195 Å². The van der Waals surface area contributed by atoms with Crippen molar-refractivity contribution in [3.05, 3.63) is 53.1 Å². The Bertz CT molecular complexity index is 1080. The number of hydrogen-bond donors (Lipinski definition) is 0. The number of carbonyl (C=O) groups is 1. The molecule has 0 spiro atoms. The number of rotatable bonds is 5. The zero-order valence-corrected chi connectivity index (χ0v) is 18.9. The van der Waals surface area contributed by atoms with Crippen LogP contribution in [0.5, 0.6) is 0 Å². The Hall–Kier alpha value is -3.01. The molecule has 33 heavy (non-hydrogen) atoms. The van der Waals surface area contributed by atoms with Gasteiger partial charge in [-0.15, -0.1) is 10.2 Å². The standard InChI is InChI=1S/C22H24ClFN6O3/c1-13-27-28-21(32-13)14-2-3-17(16(24)10-14)33-18-6-9-30(22(18)31)15-4-7-29(8-5-15)20-12-25-19(23)11-26-20/h3,10-12,14-15,18H,2,4-9H2,1H3/t14?,18-/m0/s1. The Morgan fingerprint density at radius 1 is 1.15 bits per heavy atom. The predicted octanol–water partition coefficient (Wildman–Crippen LogP) is 3.33. The first kappa shape index (κ1) is 21.8. The first-order valence-corrected chi connectivity index (χ1v) is 11.4. The minimum atomic E-state index is -0.669. The topological polar surface area (TPSA) is 97.5 Å². The summed E-state index contributed by atoms with van der Waals surface area (Å²) in [5, 5.41) is 8.11. The van der Waals surface area contributed by atoms with Gasteiger partial charge in [0.25, 0.3) is 5.91 Å². The van der Waals surface area contributed by atoms with E-state index in [1.807, 2.05) is 4.90 Å². The number of hydrogen-bond acceptors (Lipinski definition) is 8. The molecule has 3 aliphatic rings. The second-order valence-electron chi connectivity index (χ2n) is 8.43. The van der Waals surface area contributed by atoms with E-state index in [1.165, 1.54) is 12.3 Å². The maximum atomic E-state index is 14.7. The van der Waals surface area contributed by atoms with Gasteiger partial charge in [0, 0.05) is 39.0 Å². The van der Waals surface area contributed by atoms with Gasteiger partial charge in [-0.25, -0.2) is 14.4 Å². The van der Waals surface area contributed by atoms with E-state index in [2.05, 4.69) is 25.1 Å². The van der Waals surface area contributed by atoms with Gasteiger partial charge >= 0.3 is 0 Å². The molecule has 2 aromatic heterocycles. The van der Waals surface area contributed by atoms with Crippen molar-refractivity contribution in [2.75, 3.05) is 24.5 Å². The summed E-state index contributed by atoms with van der Waals surface area (Å²) in [4.78, 5) is 25.4. The van der Waals surface area contributed by atoms with Crippen molar-refractivity contribution in [3.63, 3.8) is 0 Å². The van der Waals surface area contributed by atoms with Crippen LogP contribution in [0.1, 0.15) is 43.4 Å². The number of halogens is 2. The van der Waals surface area contributed by atoms with Gasteiger partial charge in [-0.3, -0.25) is 4.79 Å². The molecular weight excluding hydrogens is 451 g/mol. The molecule has 0 N–H and O–H groups in total. The van der Waals surface area contributed by atoms with Crippen molar-refractivity contribution in [1.29, 1.82) is 0 Å². The van der Waals surface area contributed by atoms with Crippen LogP contribution in [0.15, 0.2) is 40.5 Å². The molecular formula is C22H24ClFN6O3. The van der Waals surface area contributed by atoms with E-state index in [9.17, 15) is 9.18 Å². The SMILES string of the molecule is Cc1nnc(C2C=C(F)C(O[C@H]3CCN(C4CCN(c5cnc(Cl)cn5)CC4)C3=O)=CC2)o1. The molecule has 0 bridgehead atoms. The van der Waals surface area contributed by atoms with Crippen molar-refractivity contribution < 1.29 is 18.3 Å². The minimum Gasteiger partial charge on any atom is -0.478 e. The molecule has 174 valence electrons. The van der Waals surface area contributed by atoms with Crippen LogP contribution in [0.4, 0.5) is 10.2 Å². The Kier molecular flexibility index (Phi) is 6.01. The van der Waals surface area contributed by atoms with E-state index < -0.39 is 11.9 Å². The number of anilines is 1. The number of ether oxygens (including phenoxy) is 1. The van der Waals surface area contributed by atoms with Crippen LogP contribution in [-0.2, 0) is 9.53 Å². The van der Waals surface area contributed by atoms with Crippen LogP contribution in [0.2, 0.25) is 5.15 Å². The van der Waals surface area contributed by atoms with Crippen molar-refractivity contribution >= 4 is 23.3 Å². The van der Waals surface area contributed by atoms with Gasteiger partial charge in [-0.1, -0.05) is 11.6 Å². The van der Waals surface area contributed by atoms with Crippen molar-refractivity contribution in [2.45, 2.75) is 50.7 Å². The fourth-order valence-corrected chi connectivity index (χ4v) is 4.67. The Morgan fingerprint density at radius 3 is 2.64 bits per heavy atom. The monoisotopic (exact) mass is 474 g/mol. The number of carbonyl (C=O) groups excluding carboxylic acids is 1. The number of aryl methyl sites for hydroxylation is 1. The lowest BCUT2D eigenvalue weighted by Gasteiger charge is -2.37. The second kappa shape index (κ2) is 9.09. The molecule has 0 aromatic carbocycles. The van der Waals surface area contributed by atoms with Gasteiger partial charge in [0.2, 0.25) is 11.8 Å². The molecule has 2 fully saturated rings. The van der Waals surface area contributed by atoms with E-state index in [0.717, 1.165) is 31.7 Å². The lowest BCUT2D eigenvalue weighted by Crippen LogP contribution is -2.46. The summed E-state index contributed by atoms with van der Waals surface area (Å²) in [6, 6.07) is 0.133. The summed E-state index contributed by atoms with van der Waals surface area (Å²) >= 11 is 5.82. The highest BCUT2D eigenvalue weighted by Crippen LogP contribution is 2.33.